The molecule has 2 saturated heterocycles. The summed E-state index contributed by atoms with van der Waals surface area (Å²) >= 11 is 0. The number of hydrogen-bond acceptors (Lipinski definition) is 6. The van der Waals surface area contributed by atoms with Crippen LogP contribution in [-0.2, 0) is 9.59 Å². The summed E-state index contributed by atoms with van der Waals surface area (Å²) in [6, 6.07) is 5.04. The zero-order valence-electron chi connectivity index (χ0n) is 14.1. The fourth-order valence-electron chi connectivity index (χ4n) is 4.07. The van der Waals surface area contributed by atoms with E-state index in [0.717, 1.165) is 25.7 Å². The Hall–Kier alpha value is -2.68. The lowest BCUT2D eigenvalue weighted by molar-refractivity contribution is -0.384. The molecule has 2 bridgehead atoms. The van der Waals surface area contributed by atoms with Crippen molar-refractivity contribution >= 4 is 23.2 Å². The maximum absolute atomic E-state index is 12.5. The van der Waals surface area contributed by atoms with Gasteiger partial charge in [0.15, 0.2) is 6.61 Å². The normalized spacial score (nSPS) is 26.8. The molecule has 138 valence electrons. The Balaban J connectivity index is 1.47. The monoisotopic (exact) mass is 360 g/mol. The first-order valence-electron chi connectivity index (χ1n) is 8.76. The van der Waals surface area contributed by atoms with Crippen LogP contribution in [0.2, 0.25) is 0 Å². The van der Waals surface area contributed by atoms with Gasteiger partial charge < -0.3 is 15.4 Å². The van der Waals surface area contributed by atoms with Gasteiger partial charge >= 0.3 is 0 Å². The first-order chi connectivity index (χ1) is 12.5. The molecular weight excluding hydrogens is 340 g/mol. The van der Waals surface area contributed by atoms with E-state index in [9.17, 15) is 19.7 Å². The number of nitrogens with one attached hydrogen (secondary N) is 2. The van der Waals surface area contributed by atoms with Crippen LogP contribution in [0.5, 0.6) is 5.75 Å². The fraction of sp³-hybridized carbons (Fsp3) is 0.529. The molecule has 0 saturated carbocycles. The zero-order chi connectivity index (χ0) is 18.3. The number of rotatable bonds is 4. The van der Waals surface area contributed by atoms with Crippen molar-refractivity contribution in [2.24, 2.45) is 0 Å². The summed E-state index contributed by atoms with van der Waals surface area (Å²) in [6.45, 7) is -0.356. The minimum atomic E-state index is -0.539. The van der Waals surface area contributed by atoms with Gasteiger partial charge in [-0.3, -0.25) is 24.6 Å². The Bertz CT molecular complexity index is 756. The lowest BCUT2D eigenvalue weighted by Crippen LogP contribution is -2.51. The molecule has 0 radical (unpaired) electrons. The van der Waals surface area contributed by atoms with Crippen molar-refractivity contribution in [3.8, 4) is 5.75 Å². The van der Waals surface area contributed by atoms with E-state index >= 15 is 0 Å². The summed E-state index contributed by atoms with van der Waals surface area (Å²) in [5.74, 6) is -0.287. The van der Waals surface area contributed by atoms with E-state index in [1.54, 1.807) is 0 Å². The molecular formula is C17H20N4O5. The number of amides is 2. The van der Waals surface area contributed by atoms with Gasteiger partial charge in [-0.25, -0.2) is 0 Å². The van der Waals surface area contributed by atoms with E-state index in [4.69, 9.17) is 4.74 Å². The van der Waals surface area contributed by atoms with Crippen molar-refractivity contribution < 1.29 is 19.2 Å². The molecule has 0 aliphatic carbocycles. The number of non-ortho nitro benzene ring substituents is 1. The quantitative estimate of drug-likeness (QED) is 0.604. The van der Waals surface area contributed by atoms with Crippen LogP contribution in [0.15, 0.2) is 18.2 Å². The van der Waals surface area contributed by atoms with Crippen molar-refractivity contribution in [3.05, 3.63) is 28.3 Å². The molecule has 2 amide bonds. The highest BCUT2D eigenvalue weighted by atomic mass is 16.6. The van der Waals surface area contributed by atoms with Crippen LogP contribution < -0.4 is 20.3 Å². The Kier molecular flexibility index (Phi) is 4.23. The van der Waals surface area contributed by atoms with E-state index < -0.39 is 10.8 Å². The second kappa shape index (κ2) is 6.56. The molecule has 2 unspecified atom stereocenters. The van der Waals surface area contributed by atoms with Crippen molar-refractivity contribution in [1.82, 2.24) is 10.6 Å². The number of benzene rings is 1. The van der Waals surface area contributed by atoms with Gasteiger partial charge in [0.05, 0.1) is 10.6 Å². The minimum Gasteiger partial charge on any atom is -0.482 e. The maximum atomic E-state index is 12.5. The third kappa shape index (κ3) is 3.22. The Morgan fingerprint density at radius 1 is 1.35 bits per heavy atom. The number of carbonyl (C=O) groups excluding carboxylic acids is 2. The number of anilines is 1. The number of ether oxygens (including phenoxy) is 1. The topological polar surface area (TPSA) is 114 Å². The van der Waals surface area contributed by atoms with E-state index in [1.165, 1.54) is 23.1 Å². The highest BCUT2D eigenvalue weighted by Crippen LogP contribution is 2.35. The minimum absolute atomic E-state index is 0.0990. The molecule has 0 spiro atoms. The van der Waals surface area contributed by atoms with Crippen molar-refractivity contribution in [1.29, 1.82) is 0 Å². The van der Waals surface area contributed by atoms with Crippen LogP contribution in [0.1, 0.15) is 25.7 Å². The molecule has 3 aliphatic rings. The summed E-state index contributed by atoms with van der Waals surface area (Å²) in [5.41, 5.74) is 0.110. The smallest absolute Gasteiger partial charge is 0.271 e. The van der Waals surface area contributed by atoms with E-state index in [1.807, 2.05) is 0 Å². The molecule has 3 aliphatic heterocycles. The second-order valence-electron chi connectivity index (χ2n) is 7.05. The van der Waals surface area contributed by atoms with Gasteiger partial charge in [0.25, 0.3) is 11.6 Å². The molecule has 9 nitrogen and oxygen atoms in total. The van der Waals surface area contributed by atoms with Crippen molar-refractivity contribution in [2.75, 3.05) is 18.1 Å². The molecule has 3 heterocycles. The molecule has 26 heavy (non-hydrogen) atoms. The Morgan fingerprint density at radius 2 is 2.08 bits per heavy atom. The number of nitrogens with zero attached hydrogens (tertiary/aromatic N) is 2. The van der Waals surface area contributed by atoms with E-state index in [0.29, 0.717) is 17.8 Å². The average Bonchev–Trinajstić information content (AvgIpc) is 2.95. The highest BCUT2D eigenvalue weighted by molar-refractivity contribution is 6.02. The summed E-state index contributed by atoms with van der Waals surface area (Å²) in [7, 11) is 0. The van der Waals surface area contributed by atoms with Gasteiger partial charge in [-0.2, -0.15) is 0 Å². The van der Waals surface area contributed by atoms with E-state index in [2.05, 4.69) is 10.6 Å². The highest BCUT2D eigenvalue weighted by Gasteiger charge is 2.35. The molecule has 2 N–H and O–H groups in total. The Morgan fingerprint density at radius 3 is 2.77 bits per heavy atom. The molecule has 0 aromatic heterocycles. The average molecular weight is 360 g/mol. The molecule has 4 rings (SSSR count). The van der Waals surface area contributed by atoms with Gasteiger partial charge in [0.2, 0.25) is 5.91 Å². The number of hydrogen-bond donors (Lipinski definition) is 2. The third-order valence-electron chi connectivity index (χ3n) is 5.24. The predicted octanol–water partition coefficient (Wildman–Crippen LogP) is 0.719. The SMILES string of the molecule is O=C(CN1C(=O)COc2ccc([N+](=O)[O-])cc21)NC1CC2CCC(C1)N2. The first kappa shape index (κ1) is 16.8. The molecule has 2 atom stereocenters. The number of carbonyl (C=O) groups is 2. The second-order valence-corrected chi connectivity index (χ2v) is 7.05. The largest absolute Gasteiger partial charge is 0.482 e. The van der Waals surface area contributed by atoms with Crippen LogP contribution >= 0.6 is 0 Å². The van der Waals surface area contributed by atoms with Gasteiger partial charge in [0, 0.05) is 30.3 Å². The zero-order valence-corrected chi connectivity index (χ0v) is 14.1. The summed E-state index contributed by atoms with van der Waals surface area (Å²) in [6.07, 6.45) is 4.05. The van der Waals surface area contributed by atoms with Crippen LogP contribution in [0.25, 0.3) is 0 Å². The van der Waals surface area contributed by atoms with Crippen molar-refractivity contribution in [2.45, 2.75) is 43.8 Å². The van der Waals surface area contributed by atoms with Gasteiger partial charge in [-0.15, -0.1) is 0 Å². The van der Waals surface area contributed by atoms with Crippen molar-refractivity contribution in [3.63, 3.8) is 0 Å². The number of nitro benzene ring substituents is 1. The number of piperidine rings is 1. The van der Waals surface area contributed by atoms with Crippen LogP contribution in [-0.4, -0.2) is 48.0 Å². The van der Waals surface area contributed by atoms with E-state index in [-0.39, 0.29) is 36.5 Å². The molecule has 1 aromatic carbocycles. The fourth-order valence-corrected chi connectivity index (χ4v) is 4.07. The number of fused-ring (bicyclic) bond motifs is 3. The van der Waals surface area contributed by atoms with Crippen LogP contribution in [0.3, 0.4) is 0 Å². The van der Waals surface area contributed by atoms with Gasteiger partial charge in [-0.05, 0) is 31.7 Å². The molecule has 2 fully saturated rings. The summed E-state index contributed by atoms with van der Waals surface area (Å²) in [5, 5.41) is 17.5. The maximum Gasteiger partial charge on any atom is 0.271 e. The Labute approximate surface area is 149 Å². The van der Waals surface area contributed by atoms with Gasteiger partial charge in [-0.1, -0.05) is 0 Å². The summed E-state index contributed by atoms with van der Waals surface area (Å²) in [4.78, 5) is 36.4. The standard InChI is InChI=1S/C17H20N4O5/c22-16(19-12-5-10-1-2-11(6-12)18-10)8-20-14-7-13(21(24)25)3-4-15(14)26-9-17(20)23/h3-4,7,10-12,18H,1-2,5-6,8-9H2,(H,19,22). The predicted molar refractivity (Wildman–Crippen MR) is 92.1 cm³/mol. The first-order valence-corrected chi connectivity index (χ1v) is 8.76. The number of nitro groups is 1. The molecule has 9 heteroatoms. The lowest BCUT2D eigenvalue weighted by Gasteiger charge is -2.32. The molecule has 1 aromatic rings. The van der Waals surface area contributed by atoms with Crippen LogP contribution in [0, 0.1) is 10.1 Å². The third-order valence-corrected chi connectivity index (χ3v) is 5.24. The van der Waals surface area contributed by atoms with Gasteiger partial charge in [0.1, 0.15) is 12.3 Å². The van der Waals surface area contributed by atoms with Crippen LogP contribution in [0.4, 0.5) is 11.4 Å². The summed E-state index contributed by atoms with van der Waals surface area (Å²) < 4.78 is 5.31. The lowest BCUT2D eigenvalue weighted by atomic mass is 10.00.